The topological polar surface area (TPSA) is 70.0 Å². The molecule has 0 spiro atoms. The first-order chi connectivity index (χ1) is 9.85. The fourth-order valence-electron chi connectivity index (χ4n) is 1.73. The molecular weight excluding hydrogens is 315 g/mol. The Morgan fingerprint density at radius 1 is 1.29 bits per heavy atom. The van der Waals surface area contributed by atoms with Crippen LogP contribution in [0.2, 0.25) is 5.02 Å². The minimum absolute atomic E-state index is 0.0458. The zero-order chi connectivity index (χ0) is 15.6. The SMILES string of the molecule is Cc1cccc(F)c1NS(=O)(=O)c1cc(C#N)ccc1Cl. The average molecular weight is 325 g/mol. The van der Waals surface area contributed by atoms with Crippen LogP contribution in [0.3, 0.4) is 0 Å². The summed E-state index contributed by atoms with van der Waals surface area (Å²) in [7, 11) is -4.09. The second-order valence-electron chi connectivity index (χ2n) is 4.29. The average Bonchev–Trinajstić information content (AvgIpc) is 2.43. The molecule has 0 aliphatic carbocycles. The van der Waals surface area contributed by atoms with Gasteiger partial charge in [-0.3, -0.25) is 4.72 Å². The van der Waals surface area contributed by atoms with Crippen molar-refractivity contribution < 1.29 is 12.8 Å². The molecule has 0 bridgehead atoms. The molecule has 0 amide bonds. The van der Waals surface area contributed by atoms with E-state index in [1.54, 1.807) is 13.0 Å². The van der Waals surface area contributed by atoms with E-state index in [-0.39, 0.29) is 21.2 Å². The highest BCUT2D eigenvalue weighted by Gasteiger charge is 2.21. The molecule has 0 radical (unpaired) electrons. The van der Waals surface area contributed by atoms with Crippen molar-refractivity contribution in [3.63, 3.8) is 0 Å². The summed E-state index contributed by atoms with van der Waals surface area (Å²) in [6.45, 7) is 1.58. The van der Waals surface area contributed by atoms with E-state index >= 15 is 0 Å². The van der Waals surface area contributed by atoms with Gasteiger partial charge in [0.2, 0.25) is 0 Å². The highest BCUT2D eigenvalue weighted by atomic mass is 35.5. The molecular formula is C14H10ClFN2O2S. The summed E-state index contributed by atoms with van der Waals surface area (Å²) in [5.41, 5.74) is 0.437. The van der Waals surface area contributed by atoms with E-state index in [1.807, 2.05) is 6.07 Å². The van der Waals surface area contributed by atoms with Crippen molar-refractivity contribution in [2.45, 2.75) is 11.8 Å². The lowest BCUT2D eigenvalue weighted by atomic mass is 10.2. The molecule has 21 heavy (non-hydrogen) atoms. The molecule has 0 aromatic heterocycles. The van der Waals surface area contributed by atoms with Gasteiger partial charge in [-0.2, -0.15) is 5.26 Å². The van der Waals surface area contributed by atoms with Crippen LogP contribution < -0.4 is 4.72 Å². The molecule has 0 unspecified atom stereocenters. The number of nitrogens with one attached hydrogen (secondary N) is 1. The van der Waals surface area contributed by atoms with Gasteiger partial charge in [0.25, 0.3) is 10.0 Å². The monoisotopic (exact) mass is 324 g/mol. The smallest absolute Gasteiger partial charge is 0.263 e. The second kappa shape index (κ2) is 5.72. The van der Waals surface area contributed by atoms with Crippen LogP contribution in [0.1, 0.15) is 11.1 Å². The maximum absolute atomic E-state index is 13.7. The number of hydrogen-bond donors (Lipinski definition) is 1. The van der Waals surface area contributed by atoms with Gasteiger partial charge in [-0.25, -0.2) is 12.8 Å². The number of nitrogens with zero attached hydrogens (tertiary/aromatic N) is 1. The zero-order valence-electron chi connectivity index (χ0n) is 10.9. The number of sulfonamides is 1. The van der Waals surface area contributed by atoms with Crippen molar-refractivity contribution in [1.82, 2.24) is 0 Å². The van der Waals surface area contributed by atoms with Crippen molar-refractivity contribution >= 4 is 27.3 Å². The number of rotatable bonds is 3. The van der Waals surface area contributed by atoms with Gasteiger partial charge >= 0.3 is 0 Å². The molecule has 7 heteroatoms. The molecule has 0 saturated carbocycles. The van der Waals surface area contributed by atoms with E-state index in [9.17, 15) is 12.8 Å². The van der Waals surface area contributed by atoms with Crippen LogP contribution in [0.4, 0.5) is 10.1 Å². The minimum Gasteiger partial charge on any atom is -0.276 e. The quantitative estimate of drug-likeness (QED) is 0.940. The van der Waals surface area contributed by atoms with Crippen molar-refractivity contribution in [2.24, 2.45) is 0 Å². The lowest BCUT2D eigenvalue weighted by Gasteiger charge is -2.12. The number of aryl methyl sites for hydroxylation is 1. The number of nitriles is 1. The molecule has 1 N–H and O–H groups in total. The summed E-state index contributed by atoms with van der Waals surface area (Å²) in [6, 6.07) is 9.88. The summed E-state index contributed by atoms with van der Waals surface area (Å²) < 4.78 is 40.5. The molecule has 2 rings (SSSR count). The molecule has 0 aliphatic rings. The fourth-order valence-corrected chi connectivity index (χ4v) is 3.40. The first-order valence-corrected chi connectivity index (χ1v) is 7.69. The molecule has 4 nitrogen and oxygen atoms in total. The van der Waals surface area contributed by atoms with Crippen molar-refractivity contribution in [1.29, 1.82) is 5.26 Å². The van der Waals surface area contributed by atoms with E-state index in [0.29, 0.717) is 5.56 Å². The number of halogens is 2. The van der Waals surface area contributed by atoms with Gasteiger partial charge in [0.1, 0.15) is 10.7 Å². The van der Waals surface area contributed by atoms with Crippen LogP contribution in [-0.4, -0.2) is 8.42 Å². The van der Waals surface area contributed by atoms with E-state index in [0.717, 1.165) is 12.1 Å². The predicted octanol–water partition coefficient (Wildman–Crippen LogP) is 3.46. The van der Waals surface area contributed by atoms with Gasteiger partial charge in [0.15, 0.2) is 0 Å². The summed E-state index contributed by atoms with van der Waals surface area (Å²) in [4.78, 5) is -0.272. The van der Waals surface area contributed by atoms with Crippen molar-refractivity contribution in [2.75, 3.05) is 4.72 Å². The summed E-state index contributed by atoms with van der Waals surface area (Å²) in [6.07, 6.45) is 0. The summed E-state index contributed by atoms with van der Waals surface area (Å²) >= 11 is 5.86. The maximum Gasteiger partial charge on any atom is 0.263 e. The van der Waals surface area contributed by atoms with Crippen LogP contribution >= 0.6 is 11.6 Å². The van der Waals surface area contributed by atoms with Crippen LogP contribution in [-0.2, 0) is 10.0 Å². The van der Waals surface area contributed by atoms with E-state index in [2.05, 4.69) is 4.72 Å². The summed E-state index contributed by atoms with van der Waals surface area (Å²) in [5.74, 6) is -0.689. The molecule has 0 fully saturated rings. The Balaban J connectivity index is 2.51. The lowest BCUT2D eigenvalue weighted by Crippen LogP contribution is -2.15. The van der Waals surface area contributed by atoms with Crippen LogP contribution in [0, 0.1) is 24.1 Å². The Bertz CT molecular complexity index is 824. The molecule has 0 saturated heterocycles. The molecule has 0 atom stereocenters. The van der Waals surface area contributed by atoms with Gasteiger partial charge < -0.3 is 0 Å². The van der Waals surface area contributed by atoms with Crippen LogP contribution in [0.25, 0.3) is 0 Å². The van der Waals surface area contributed by atoms with Gasteiger partial charge in [0, 0.05) is 0 Å². The Morgan fingerprint density at radius 2 is 2.00 bits per heavy atom. The third kappa shape index (κ3) is 3.15. The number of hydrogen-bond acceptors (Lipinski definition) is 3. The van der Waals surface area contributed by atoms with E-state index in [1.165, 1.54) is 18.2 Å². The molecule has 0 heterocycles. The van der Waals surface area contributed by atoms with Crippen LogP contribution in [0.5, 0.6) is 0 Å². The molecule has 0 aliphatic heterocycles. The fraction of sp³-hybridized carbons (Fsp3) is 0.0714. The van der Waals surface area contributed by atoms with Crippen LogP contribution in [0.15, 0.2) is 41.3 Å². The Kier molecular flexibility index (Phi) is 4.16. The van der Waals surface area contributed by atoms with Gasteiger partial charge in [-0.05, 0) is 36.8 Å². The Labute approximate surface area is 126 Å². The van der Waals surface area contributed by atoms with E-state index < -0.39 is 15.8 Å². The van der Waals surface area contributed by atoms with E-state index in [4.69, 9.17) is 16.9 Å². The minimum atomic E-state index is -4.09. The summed E-state index contributed by atoms with van der Waals surface area (Å²) in [5, 5.41) is 8.78. The zero-order valence-corrected chi connectivity index (χ0v) is 12.5. The lowest BCUT2D eigenvalue weighted by molar-refractivity contribution is 0.598. The number of benzene rings is 2. The highest BCUT2D eigenvalue weighted by Crippen LogP contribution is 2.27. The first kappa shape index (κ1) is 15.3. The molecule has 2 aromatic rings. The molecule has 2 aromatic carbocycles. The van der Waals surface area contributed by atoms with Crippen molar-refractivity contribution in [3.05, 3.63) is 58.4 Å². The third-order valence-electron chi connectivity index (χ3n) is 2.81. The maximum atomic E-state index is 13.7. The van der Waals surface area contributed by atoms with Gasteiger partial charge in [0.05, 0.1) is 22.3 Å². The first-order valence-electron chi connectivity index (χ1n) is 5.83. The number of anilines is 1. The normalized spacial score (nSPS) is 11.0. The predicted molar refractivity (Wildman–Crippen MR) is 78.1 cm³/mol. The largest absolute Gasteiger partial charge is 0.276 e. The van der Waals surface area contributed by atoms with Crippen molar-refractivity contribution in [3.8, 4) is 6.07 Å². The standard InChI is InChI=1S/C14H10ClFN2O2S/c1-9-3-2-4-12(16)14(9)18-21(19,20)13-7-10(8-17)5-6-11(13)15/h2-7,18H,1H3. The third-order valence-corrected chi connectivity index (χ3v) is 4.64. The van der Waals surface area contributed by atoms with Gasteiger partial charge in [-0.15, -0.1) is 0 Å². The second-order valence-corrected chi connectivity index (χ2v) is 6.35. The Morgan fingerprint density at radius 3 is 2.62 bits per heavy atom. The highest BCUT2D eigenvalue weighted by molar-refractivity contribution is 7.92. The molecule has 108 valence electrons. The Hall–Kier alpha value is -2.10. The number of para-hydroxylation sites is 1. The van der Waals surface area contributed by atoms with Gasteiger partial charge in [-0.1, -0.05) is 23.7 Å².